The molecule has 0 radical (unpaired) electrons. The van der Waals surface area contributed by atoms with Crippen LogP contribution in [0, 0.1) is 18.3 Å². The number of hydrogen-bond donors (Lipinski definition) is 2. The second-order valence-corrected chi connectivity index (χ2v) is 10.1. The first-order valence-corrected chi connectivity index (χ1v) is 11.3. The van der Waals surface area contributed by atoms with Crippen molar-refractivity contribution in [2.24, 2.45) is 11.3 Å². The summed E-state index contributed by atoms with van der Waals surface area (Å²) in [7, 11) is 0. The van der Waals surface area contributed by atoms with Crippen LogP contribution >= 0.6 is 11.6 Å². The highest BCUT2D eigenvalue weighted by molar-refractivity contribution is 6.30. The second kappa shape index (κ2) is 9.20. The lowest BCUT2D eigenvalue weighted by Crippen LogP contribution is -2.60. The molecule has 32 heavy (non-hydrogen) atoms. The third-order valence-corrected chi connectivity index (χ3v) is 6.84. The number of hydrogen-bond acceptors (Lipinski definition) is 4. The number of pyridine rings is 1. The quantitative estimate of drug-likeness (QED) is 0.712. The van der Waals surface area contributed by atoms with Crippen molar-refractivity contribution in [3.05, 3.63) is 64.4 Å². The van der Waals surface area contributed by atoms with E-state index in [4.69, 9.17) is 11.6 Å². The van der Waals surface area contributed by atoms with E-state index in [1.54, 1.807) is 29.3 Å². The van der Waals surface area contributed by atoms with Gasteiger partial charge in [-0.2, -0.15) is 0 Å². The Bertz CT molecular complexity index is 990. The lowest BCUT2D eigenvalue weighted by atomic mass is 9.66. The van der Waals surface area contributed by atoms with Crippen LogP contribution in [0.3, 0.4) is 0 Å². The Morgan fingerprint density at radius 3 is 2.41 bits per heavy atom. The molecule has 0 aliphatic carbocycles. The fourth-order valence-corrected chi connectivity index (χ4v) is 4.53. The zero-order chi connectivity index (χ0) is 23.7. The third kappa shape index (κ3) is 4.66. The van der Waals surface area contributed by atoms with Gasteiger partial charge in [0.2, 0.25) is 5.91 Å². The molecule has 2 atom stereocenters. The van der Waals surface area contributed by atoms with Gasteiger partial charge >= 0.3 is 0 Å². The van der Waals surface area contributed by atoms with Crippen LogP contribution in [0.15, 0.2) is 42.7 Å². The maximum Gasteiger partial charge on any atom is 0.253 e. The molecule has 2 heterocycles. The number of aryl methyl sites for hydroxylation is 1. The zero-order valence-corrected chi connectivity index (χ0v) is 20.1. The van der Waals surface area contributed by atoms with Crippen LogP contribution in [0.5, 0.6) is 0 Å². The number of carbonyl (C=O) groups is 2. The van der Waals surface area contributed by atoms with E-state index in [1.807, 2.05) is 46.8 Å². The first-order valence-electron chi connectivity index (χ1n) is 10.9. The Kier molecular flexibility index (Phi) is 6.96. The number of aromatic nitrogens is 1. The topological polar surface area (TPSA) is 82.5 Å². The van der Waals surface area contributed by atoms with E-state index in [9.17, 15) is 14.7 Å². The first-order chi connectivity index (χ1) is 15.0. The number of rotatable bonds is 5. The number of piperidine rings is 1. The van der Waals surface area contributed by atoms with Gasteiger partial charge in [0.15, 0.2) is 0 Å². The minimum absolute atomic E-state index is 0.0939. The van der Waals surface area contributed by atoms with Crippen molar-refractivity contribution in [1.82, 2.24) is 15.2 Å². The van der Waals surface area contributed by atoms with Crippen molar-refractivity contribution < 1.29 is 14.7 Å². The van der Waals surface area contributed by atoms with Crippen molar-refractivity contribution in [2.45, 2.75) is 52.7 Å². The molecule has 172 valence electrons. The number of halogens is 1. The predicted octanol–water partition coefficient (Wildman–Crippen LogP) is 3.94. The molecule has 2 aromatic rings. The molecule has 3 rings (SSSR count). The monoisotopic (exact) mass is 457 g/mol. The van der Waals surface area contributed by atoms with E-state index < -0.39 is 17.1 Å². The van der Waals surface area contributed by atoms with Crippen molar-refractivity contribution >= 4 is 23.4 Å². The second-order valence-electron chi connectivity index (χ2n) is 9.65. The van der Waals surface area contributed by atoms with Crippen LogP contribution in [0.2, 0.25) is 5.02 Å². The van der Waals surface area contributed by atoms with E-state index in [0.29, 0.717) is 30.1 Å². The average Bonchev–Trinajstić information content (AvgIpc) is 2.73. The normalized spacial score (nSPS) is 21.3. The van der Waals surface area contributed by atoms with E-state index in [2.05, 4.69) is 10.3 Å². The summed E-state index contributed by atoms with van der Waals surface area (Å²) in [5.41, 5.74) is 0.374. The summed E-state index contributed by atoms with van der Waals surface area (Å²) in [4.78, 5) is 32.1. The Balaban J connectivity index is 1.78. The molecule has 0 saturated carbocycles. The minimum atomic E-state index is -1.09. The van der Waals surface area contributed by atoms with Crippen LogP contribution in [0.1, 0.15) is 55.6 Å². The summed E-state index contributed by atoms with van der Waals surface area (Å²) in [6.07, 6.45) is 3.55. The Morgan fingerprint density at radius 2 is 1.84 bits per heavy atom. The zero-order valence-electron chi connectivity index (χ0n) is 19.4. The lowest BCUT2D eigenvalue weighted by molar-refractivity contribution is -0.155. The highest BCUT2D eigenvalue weighted by Crippen LogP contribution is 2.46. The van der Waals surface area contributed by atoms with Gasteiger partial charge in [-0.25, -0.2) is 0 Å². The van der Waals surface area contributed by atoms with Gasteiger partial charge in [-0.3, -0.25) is 14.6 Å². The molecule has 7 heteroatoms. The van der Waals surface area contributed by atoms with E-state index >= 15 is 0 Å². The molecule has 1 aliphatic rings. The van der Waals surface area contributed by atoms with Crippen molar-refractivity contribution in [3.8, 4) is 0 Å². The number of aliphatic hydroxyl groups is 1. The fourth-order valence-electron chi connectivity index (χ4n) is 4.40. The smallest absolute Gasteiger partial charge is 0.253 e. The number of carbonyl (C=O) groups excluding carboxylic acids is 2. The van der Waals surface area contributed by atoms with Crippen LogP contribution in [-0.2, 0) is 10.4 Å². The van der Waals surface area contributed by atoms with Gasteiger partial charge in [0.05, 0.1) is 11.2 Å². The molecule has 2 N–H and O–H groups in total. The van der Waals surface area contributed by atoms with Gasteiger partial charge in [0, 0.05) is 35.9 Å². The van der Waals surface area contributed by atoms with Crippen LogP contribution in [-0.4, -0.2) is 45.9 Å². The number of amides is 2. The maximum absolute atomic E-state index is 13.5. The highest BCUT2D eigenvalue weighted by atomic mass is 35.5. The van der Waals surface area contributed by atoms with Gasteiger partial charge in [-0.15, -0.1) is 0 Å². The Labute approximate surface area is 195 Å². The van der Waals surface area contributed by atoms with Gasteiger partial charge in [-0.05, 0) is 48.6 Å². The molecule has 1 aromatic carbocycles. The highest BCUT2D eigenvalue weighted by Gasteiger charge is 2.50. The van der Waals surface area contributed by atoms with Crippen LogP contribution in [0.25, 0.3) is 0 Å². The van der Waals surface area contributed by atoms with Crippen LogP contribution < -0.4 is 5.32 Å². The molecule has 2 amide bonds. The fraction of sp³-hybridized carbons (Fsp3) is 0.480. The molecule has 1 saturated heterocycles. The van der Waals surface area contributed by atoms with Crippen molar-refractivity contribution in [3.63, 3.8) is 0 Å². The van der Waals surface area contributed by atoms with Gasteiger partial charge in [0.25, 0.3) is 5.91 Å². The standard InChI is InChI=1S/C25H32ClN3O3/c1-16(2)21(28-22(30)20-14-27-12-10-17(20)3)23(31)29-13-11-25(32,24(4,5)15-29)18-6-8-19(26)9-7-18/h6-10,12,14,16,21,32H,11,13,15H2,1-5H3,(H,28,30)/t21-,25+/m1/s1. The molecule has 1 aromatic heterocycles. The van der Waals surface area contributed by atoms with Crippen molar-refractivity contribution in [1.29, 1.82) is 0 Å². The molecule has 0 bridgehead atoms. The van der Waals surface area contributed by atoms with E-state index in [-0.39, 0.29) is 17.7 Å². The van der Waals surface area contributed by atoms with Crippen LogP contribution in [0.4, 0.5) is 0 Å². The summed E-state index contributed by atoms with van der Waals surface area (Å²) in [6, 6.07) is 8.33. The summed E-state index contributed by atoms with van der Waals surface area (Å²) >= 11 is 6.02. The average molecular weight is 458 g/mol. The van der Waals surface area contributed by atoms with Crippen molar-refractivity contribution in [2.75, 3.05) is 13.1 Å². The summed E-state index contributed by atoms with van der Waals surface area (Å²) in [5.74, 6) is -0.540. The predicted molar refractivity (Wildman–Crippen MR) is 125 cm³/mol. The Morgan fingerprint density at radius 1 is 1.19 bits per heavy atom. The van der Waals surface area contributed by atoms with E-state index in [0.717, 1.165) is 11.1 Å². The van der Waals surface area contributed by atoms with Gasteiger partial charge in [-0.1, -0.05) is 51.4 Å². The number of benzene rings is 1. The number of nitrogens with zero attached hydrogens (tertiary/aromatic N) is 2. The third-order valence-electron chi connectivity index (χ3n) is 6.59. The summed E-state index contributed by atoms with van der Waals surface area (Å²) < 4.78 is 0. The molecule has 1 fully saturated rings. The summed E-state index contributed by atoms with van der Waals surface area (Å²) in [6.45, 7) is 10.4. The molecule has 0 spiro atoms. The molecule has 1 aliphatic heterocycles. The lowest BCUT2D eigenvalue weighted by Gasteiger charge is -2.51. The molecule has 0 unspecified atom stereocenters. The maximum atomic E-state index is 13.5. The Hall–Kier alpha value is -2.44. The van der Waals surface area contributed by atoms with Gasteiger partial charge in [0.1, 0.15) is 6.04 Å². The molecule has 6 nitrogen and oxygen atoms in total. The largest absolute Gasteiger partial charge is 0.384 e. The van der Waals surface area contributed by atoms with E-state index in [1.165, 1.54) is 6.20 Å². The molecular weight excluding hydrogens is 426 g/mol. The SMILES string of the molecule is Cc1ccncc1C(=O)N[C@@H](C(=O)N1CC[C@](O)(c2ccc(Cl)cc2)C(C)(C)C1)C(C)C. The summed E-state index contributed by atoms with van der Waals surface area (Å²) in [5, 5.41) is 15.1. The number of likely N-dealkylation sites (tertiary alicyclic amines) is 1. The minimum Gasteiger partial charge on any atom is -0.384 e. The molecular formula is C25H32ClN3O3. The van der Waals surface area contributed by atoms with Gasteiger partial charge < -0.3 is 15.3 Å². The number of nitrogens with one attached hydrogen (secondary N) is 1. The first kappa shape index (κ1) is 24.2.